The van der Waals surface area contributed by atoms with E-state index in [4.69, 9.17) is 14.0 Å². The van der Waals surface area contributed by atoms with Crippen LogP contribution in [0.5, 0.6) is 5.75 Å². The second-order valence-corrected chi connectivity index (χ2v) is 6.59. The van der Waals surface area contributed by atoms with E-state index < -0.39 is 0 Å². The van der Waals surface area contributed by atoms with Gasteiger partial charge in [-0.2, -0.15) is 4.98 Å². The van der Waals surface area contributed by atoms with Crippen LogP contribution in [0.15, 0.2) is 53.1 Å². The lowest BCUT2D eigenvalue weighted by molar-refractivity contribution is 0.0323. The lowest BCUT2D eigenvalue weighted by Crippen LogP contribution is -2.38. The summed E-state index contributed by atoms with van der Waals surface area (Å²) in [5.41, 5.74) is 2.94. The number of rotatable bonds is 6. The molecule has 0 aliphatic carbocycles. The van der Waals surface area contributed by atoms with Crippen LogP contribution >= 0.6 is 0 Å². The summed E-state index contributed by atoms with van der Waals surface area (Å²) in [5.74, 6) is 1.80. The van der Waals surface area contributed by atoms with Crippen LogP contribution in [0.25, 0.3) is 22.8 Å². The van der Waals surface area contributed by atoms with E-state index >= 15 is 0 Å². The zero-order valence-electron chi connectivity index (χ0n) is 15.4. The Morgan fingerprint density at radius 3 is 2.63 bits per heavy atom. The Bertz CT molecular complexity index is 870. The van der Waals surface area contributed by atoms with Gasteiger partial charge in [-0.05, 0) is 19.1 Å². The maximum Gasteiger partial charge on any atom is 0.262 e. The Kier molecular flexibility index (Phi) is 5.46. The highest BCUT2D eigenvalue weighted by Gasteiger charge is 2.15. The van der Waals surface area contributed by atoms with Crippen LogP contribution in [-0.2, 0) is 4.74 Å². The molecule has 0 amide bonds. The highest BCUT2D eigenvalue weighted by atomic mass is 16.5. The van der Waals surface area contributed by atoms with Crippen molar-refractivity contribution in [2.75, 3.05) is 39.5 Å². The van der Waals surface area contributed by atoms with Crippen molar-refractivity contribution in [2.24, 2.45) is 0 Å². The molecule has 0 bridgehead atoms. The maximum absolute atomic E-state index is 6.01. The molecule has 1 saturated heterocycles. The summed E-state index contributed by atoms with van der Waals surface area (Å²) in [6, 6.07) is 15.8. The Morgan fingerprint density at radius 2 is 1.81 bits per heavy atom. The van der Waals surface area contributed by atoms with Crippen LogP contribution in [0.4, 0.5) is 0 Å². The quantitative estimate of drug-likeness (QED) is 0.667. The summed E-state index contributed by atoms with van der Waals surface area (Å²) >= 11 is 0. The predicted molar refractivity (Wildman–Crippen MR) is 103 cm³/mol. The van der Waals surface area contributed by atoms with E-state index in [1.165, 1.54) is 5.56 Å². The van der Waals surface area contributed by atoms with Gasteiger partial charge in [0, 0.05) is 25.2 Å². The first-order valence-electron chi connectivity index (χ1n) is 9.23. The molecule has 1 aliphatic heterocycles. The summed E-state index contributed by atoms with van der Waals surface area (Å²) in [6.07, 6.45) is 0. The molecule has 6 nitrogen and oxygen atoms in total. The molecule has 0 spiro atoms. The third-order valence-electron chi connectivity index (χ3n) is 4.62. The number of benzene rings is 2. The highest BCUT2D eigenvalue weighted by molar-refractivity contribution is 5.65. The third kappa shape index (κ3) is 4.35. The van der Waals surface area contributed by atoms with E-state index in [0.717, 1.165) is 49.7 Å². The van der Waals surface area contributed by atoms with Gasteiger partial charge in [0.2, 0.25) is 5.82 Å². The Hall–Kier alpha value is -2.70. The van der Waals surface area contributed by atoms with Crippen LogP contribution in [0.1, 0.15) is 5.56 Å². The molecule has 1 aliphatic rings. The topological polar surface area (TPSA) is 60.6 Å². The van der Waals surface area contributed by atoms with Crippen LogP contribution in [0.2, 0.25) is 0 Å². The molecular weight excluding hydrogens is 342 g/mol. The largest absolute Gasteiger partial charge is 0.491 e. The Morgan fingerprint density at radius 1 is 1.04 bits per heavy atom. The smallest absolute Gasteiger partial charge is 0.262 e. The average molecular weight is 365 g/mol. The van der Waals surface area contributed by atoms with Gasteiger partial charge in [0.1, 0.15) is 12.4 Å². The van der Waals surface area contributed by atoms with Gasteiger partial charge in [-0.25, -0.2) is 0 Å². The zero-order chi connectivity index (χ0) is 18.5. The van der Waals surface area contributed by atoms with Gasteiger partial charge in [0.15, 0.2) is 0 Å². The fourth-order valence-corrected chi connectivity index (χ4v) is 3.03. The van der Waals surface area contributed by atoms with Crippen LogP contribution in [-0.4, -0.2) is 54.5 Å². The van der Waals surface area contributed by atoms with E-state index in [2.05, 4.69) is 22.0 Å². The number of morpholine rings is 1. The van der Waals surface area contributed by atoms with Crippen molar-refractivity contribution in [3.8, 4) is 28.6 Å². The molecule has 0 saturated carbocycles. The van der Waals surface area contributed by atoms with Crippen LogP contribution in [0, 0.1) is 6.92 Å². The molecule has 0 radical (unpaired) electrons. The molecule has 140 valence electrons. The number of nitrogens with zero attached hydrogens (tertiary/aromatic N) is 3. The van der Waals surface area contributed by atoms with Gasteiger partial charge >= 0.3 is 0 Å². The maximum atomic E-state index is 6.01. The van der Waals surface area contributed by atoms with Crippen LogP contribution < -0.4 is 4.74 Å². The number of hydrogen-bond acceptors (Lipinski definition) is 6. The fraction of sp³-hybridized carbons (Fsp3) is 0.333. The summed E-state index contributed by atoms with van der Waals surface area (Å²) in [7, 11) is 0. The molecule has 27 heavy (non-hydrogen) atoms. The summed E-state index contributed by atoms with van der Waals surface area (Å²) in [5, 5.41) is 4.12. The Balaban J connectivity index is 1.46. The second-order valence-electron chi connectivity index (χ2n) is 6.59. The van der Waals surface area contributed by atoms with Gasteiger partial charge in [0.25, 0.3) is 5.89 Å². The number of ether oxygens (including phenoxy) is 2. The molecule has 1 aromatic heterocycles. The molecule has 3 aromatic rings. The minimum absolute atomic E-state index is 0.465. The lowest BCUT2D eigenvalue weighted by atomic mass is 10.1. The van der Waals surface area contributed by atoms with E-state index in [0.29, 0.717) is 18.3 Å². The molecule has 0 unspecified atom stereocenters. The van der Waals surface area contributed by atoms with Crippen molar-refractivity contribution >= 4 is 0 Å². The van der Waals surface area contributed by atoms with E-state index in [9.17, 15) is 0 Å². The molecule has 0 atom stereocenters. The van der Waals surface area contributed by atoms with Crippen molar-refractivity contribution in [3.05, 3.63) is 54.1 Å². The zero-order valence-corrected chi connectivity index (χ0v) is 15.4. The first kappa shape index (κ1) is 17.7. The van der Waals surface area contributed by atoms with E-state index in [-0.39, 0.29) is 0 Å². The number of para-hydroxylation sites is 1. The molecule has 0 N–H and O–H groups in total. The predicted octanol–water partition coefficient (Wildman–Crippen LogP) is 3.42. The summed E-state index contributed by atoms with van der Waals surface area (Å²) in [6.45, 7) is 7.02. The molecule has 2 heterocycles. The first-order chi connectivity index (χ1) is 13.3. The standard InChI is InChI=1S/C21H23N3O3/c1-16-6-8-17(9-7-16)20-22-21(27-23-20)18-4-2-3-5-19(18)26-15-12-24-10-13-25-14-11-24/h2-9H,10-15H2,1H3. The fourth-order valence-electron chi connectivity index (χ4n) is 3.03. The average Bonchev–Trinajstić information content (AvgIpc) is 3.20. The summed E-state index contributed by atoms with van der Waals surface area (Å²) < 4.78 is 16.9. The van der Waals surface area contributed by atoms with Gasteiger partial charge in [-0.3, -0.25) is 4.90 Å². The minimum Gasteiger partial charge on any atom is -0.491 e. The molecule has 6 heteroatoms. The molecule has 4 rings (SSSR count). The van der Waals surface area contributed by atoms with Gasteiger partial charge in [0.05, 0.1) is 18.8 Å². The summed E-state index contributed by atoms with van der Waals surface area (Å²) in [4.78, 5) is 6.90. The van der Waals surface area contributed by atoms with E-state index in [1.54, 1.807) is 0 Å². The number of aryl methyl sites for hydroxylation is 1. The lowest BCUT2D eigenvalue weighted by Gasteiger charge is -2.26. The monoisotopic (exact) mass is 365 g/mol. The SMILES string of the molecule is Cc1ccc(-c2noc(-c3ccccc3OCCN3CCOCC3)n2)cc1. The number of hydrogen-bond donors (Lipinski definition) is 0. The molecule has 1 fully saturated rings. The van der Waals surface area contributed by atoms with Crippen LogP contribution in [0.3, 0.4) is 0 Å². The highest BCUT2D eigenvalue weighted by Crippen LogP contribution is 2.30. The minimum atomic E-state index is 0.465. The van der Waals surface area contributed by atoms with Gasteiger partial charge in [-0.1, -0.05) is 47.1 Å². The van der Waals surface area contributed by atoms with E-state index in [1.807, 2.05) is 48.5 Å². The molecular formula is C21H23N3O3. The third-order valence-corrected chi connectivity index (χ3v) is 4.62. The second kappa shape index (κ2) is 8.33. The van der Waals surface area contributed by atoms with Crippen molar-refractivity contribution in [1.29, 1.82) is 0 Å². The van der Waals surface area contributed by atoms with Gasteiger partial charge in [-0.15, -0.1) is 0 Å². The van der Waals surface area contributed by atoms with Crippen molar-refractivity contribution in [3.63, 3.8) is 0 Å². The van der Waals surface area contributed by atoms with Crippen molar-refractivity contribution in [1.82, 2.24) is 15.0 Å². The normalized spacial score (nSPS) is 15.0. The first-order valence-corrected chi connectivity index (χ1v) is 9.23. The van der Waals surface area contributed by atoms with Crippen molar-refractivity contribution in [2.45, 2.75) is 6.92 Å². The van der Waals surface area contributed by atoms with Crippen molar-refractivity contribution < 1.29 is 14.0 Å². The molecule has 2 aromatic carbocycles. The van der Waals surface area contributed by atoms with Gasteiger partial charge < -0.3 is 14.0 Å². The Labute approximate surface area is 158 Å². The number of aromatic nitrogens is 2.